The summed E-state index contributed by atoms with van der Waals surface area (Å²) in [7, 11) is 0. The molecule has 0 bridgehead atoms. The zero-order valence-corrected chi connectivity index (χ0v) is 9.86. The average molecular weight is 237 g/mol. The molecule has 2 aromatic rings. The number of primary amides is 1. The van der Waals surface area contributed by atoms with Gasteiger partial charge in [0.2, 0.25) is 5.91 Å². The Morgan fingerprint density at radius 1 is 1.00 bits per heavy atom. The smallest absolute Gasteiger partial charge is 0.249 e. The molecular weight excluding hydrogens is 226 g/mol. The van der Waals surface area contributed by atoms with Gasteiger partial charge in [-0.05, 0) is 24.1 Å². The number of nitrogens with two attached hydrogens (primary N) is 1. The van der Waals surface area contributed by atoms with Crippen LogP contribution in [0, 0.1) is 6.92 Å². The van der Waals surface area contributed by atoms with E-state index in [4.69, 9.17) is 5.73 Å². The van der Waals surface area contributed by atoms with Crippen LogP contribution in [-0.4, -0.2) is 11.7 Å². The Morgan fingerprint density at radius 3 is 2.33 bits per heavy atom. The van der Waals surface area contributed by atoms with Crippen molar-refractivity contribution >= 4 is 11.7 Å². The molecule has 88 valence electrons. The lowest BCUT2D eigenvalue weighted by molar-refractivity contribution is 0.100. The van der Waals surface area contributed by atoms with Crippen molar-refractivity contribution in [2.24, 2.45) is 5.73 Å². The fraction of sp³-hybridized carbons (Fsp3) is 0.0667. The number of carbonyl (C=O) groups is 2. The number of amides is 1. The molecule has 0 unspecified atom stereocenters. The first-order chi connectivity index (χ1) is 8.61. The summed E-state index contributed by atoms with van der Waals surface area (Å²) in [6.45, 7) is 1.87. The molecule has 1 aliphatic rings. The van der Waals surface area contributed by atoms with Crippen LogP contribution in [0.4, 0.5) is 0 Å². The maximum Gasteiger partial charge on any atom is 0.249 e. The highest BCUT2D eigenvalue weighted by molar-refractivity contribution is 6.25. The van der Waals surface area contributed by atoms with Crippen molar-refractivity contribution in [1.82, 2.24) is 0 Å². The van der Waals surface area contributed by atoms with Gasteiger partial charge in [0.15, 0.2) is 5.78 Å². The monoisotopic (exact) mass is 237 g/mol. The molecule has 0 heterocycles. The molecule has 0 fully saturated rings. The summed E-state index contributed by atoms with van der Waals surface area (Å²) in [5.74, 6) is -0.531. The van der Waals surface area contributed by atoms with Crippen molar-refractivity contribution < 1.29 is 9.59 Å². The Hall–Kier alpha value is -2.42. The second kappa shape index (κ2) is 3.53. The molecule has 0 saturated carbocycles. The van der Waals surface area contributed by atoms with E-state index in [9.17, 15) is 9.59 Å². The quantitative estimate of drug-likeness (QED) is 0.706. The number of ketones is 1. The van der Waals surface area contributed by atoms with Crippen LogP contribution in [0.3, 0.4) is 0 Å². The molecular formula is C15H11NO2. The molecule has 3 heteroatoms. The van der Waals surface area contributed by atoms with Crippen LogP contribution in [0.15, 0.2) is 36.4 Å². The summed E-state index contributed by atoms with van der Waals surface area (Å²) < 4.78 is 0. The fourth-order valence-electron chi connectivity index (χ4n) is 2.52. The molecule has 2 N–H and O–H groups in total. The van der Waals surface area contributed by atoms with Crippen molar-refractivity contribution in [2.45, 2.75) is 6.92 Å². The summed E-state index contributed by atoms with van der Waals surface area (Å²) >= 11 is 0. The van der Waals surface area contributed by atoms with Crippen LogP contribution in [0.1, 0.15) is 31.8 Å². The number of benzene rings is 2. The first-order valence-corrected chi connectivity index (χ1v) is 5.68. The van der Waals surface area contributed by atoms with Crippen molar-refractivity contribution in [3.63, 3.8) is 0 Å². The van der Waals surface area contributed by atoms with E-state index in [2.05, 4.69) is 0 Å². The number of fused-ring (bicyclic) bond motifs is 3. The molecule has 0 spiro atoms. The van der Waals surface area contributed by atoms with Gasteiger partial charge in [0.1, 0.15) is 0 Å². The molecule has 3 rings (SSSR count). The molecule has 1 aliphatic carbocycles. The molecule has 0 aliphatic heterocycles. The summed E-state index contributed by atoms with van der Waals surface area (Å²) in [4.78, 5) is 23.8. The third-order valence-electron chi connectivity index (χ3n) is 3.35. The van der Waals surface area contributed by atoms with Gasteiger partial charge in [-0.2, -0.15) is 0 Å². The highest BCUT2D eigenvalue weighted by atomic mass is 16.1. The molecule has 2 aromatic carbocycles. The van der Waals surface area contributed by atoms with Gasteiger partial charge in [-0.1, -0.05) is 30.3 Å². The van der Waals surface area contributed by atoms with E-state index < -0.39 is 5.91 Å². The van der Waals surface area contributed by atoms with E-state index in [1.165, 1.54) is 0 Å². The van der Waals surface area contributed by atoms with Gasteiger partial charge in [-0.25, -0.2) is 0 Å². The van der Waals surface area contributed by atoms with Crippen molar-refractivity contribution in [3.8, 4) is 11.1 Å². The van der Waals surface area contributed by atoms with Gasteiger partial charge < -0.3 is 5.73 Å². The van der Waals surface area contributed by atoms with Gasteiger partial charge >= 0.3 is 0 Å². The predicted octanol–water partition coefficient (Wildman–Crippen LogP) is 2.31. The lowest BCUT2D eigenvalue weighted by Crippen LogP contribution is -2.13. The third kappa shape index (κ3) is 1.24. The van der Waals surface area contributed by atoms with Crippen LogP contribution in [0.5, 0.6) is 0 Å². The van der Waals surface area contributed by atoms with E-state index in [1.807, 2.05) is 25.1 Å². The molecule has 3 nitrogen and oxygen atoms in total. The second-order valence-electron chi connectivity index (χ2n) is 4.42. The first-order valence-electron chi connectivity index (χ1n) is 5.68. The zero-order chi connectivity index (χ0) is 12.9. The van der Waals surface area contributed by atoms with Gasteiger partial charge in [0.25, 0.3) is 0 Å². The number of hydrogen-bond donors (Lipinski definition) is 1. The highest BCUT2D eigenvalue weighted by Gasteiger charge is 2.31. The van der Waals surface area contributed by atoms with Gasteiger partial charge in [0, 0.05) is 22.3 Å². The summed E-state index contributed by atoms with van der Waals surface area (Å²) in [5.41, 5.74) is 9.40. The normalized spacial score (nSPS) is 12.2. The zero-order valence-electron chi connectivity index (χ0n) is 9.86. The van der Waals surface area contributed by atoms with E-state index >= 15 is 0 Å². The van der Waals surface area contributed by atoms with Crippen LogP contribution in [0.2, 0.25) is 0 Å². The van der Waals surface area contributed by atoms with E-state index in [0.29, 0.717) is 22.3 Å². The van der Waals surface area contributed by atoms with Crippen LogP contribution >= 0.6 is 0 Å². The second-order valence-corrected chi connectivity index (χ2v) is 4.42. The minimum atomic E-state index is -0.504. The summed E-state index contributed by atoms with van der Waals surface area (Å²) in [6.07, 6.45) is 0. The molecule has 18 heavy (non-hydrogen) atoms. The lowest BCUT2D eigenvalue weighted by atomic mass is 9.96. The van der Waals surface area contributed by atoms with E-state index in [-0.39, 0.29) is 5.78 Å². The number of rotatable bonds is 1. The highest BCUT2D eigenvalue weighted by Crippen LogP contribution is 2.40. The Balaban J connectivity index is 2.46. The lowest BCUT2D eigenvalue weighted by Gasteiger charge is -2.07. The third-order valence-corrected chi connectivity index (χ3v) is 3.35. The summed E-state index contributed by atoms with van der Waals surface area (Å²) in [6, 6.07) is 10.8. The number of aryl methyl sites for hydroxylation is 1. The predicted molar refractivity (Wildman–Crippen MR) is 68.6 cm³/mol. The van der Waals surface area contributed by atoms with E-state index in [1.54, 1.807) is 18.2 Å². The summed E-state index contributed by atoms with van der Waals surface area (Å²) in [5, 5.41) is 0. The first kappa shape index (κ1) is 10.7. The van der Waals surface area contributed by atoms with Crippen molar-refractivity contribution in [3.05, 3.63) is 58.7 Å². The minimum absolute atomic E-state index is 0.0267. The number of hydrogen-bond acceptors (Lipinski definition) is 2. The Bertz CT molecular complexity index is 702. The number of carbonyl (C=O) groups excluding carboxylic acids is 2. The standard InChI is InChI=1S/C15H11NO2/c1-8-6-7-11(15(16)18)13-9-4-2-3-5-10(9)14(17)12(8)13/h2-7H,1H3,(H2,16,18). The van der Waals surface area contributed by atoms with Gasteiger partial charge in [-0.3, -0.25) is 9.59 Å². The SMILES string of the molecule is Cc1ccc(C(N)=O)c2c1C(=O)c1ccccc1-2. The Labute approximate surface area is 104 Å². The maximum atomic E-state index is 12.3. The van der Waals surface area contributed by atoms with Gasteiger partial charge in [-0.15, -0.1) is 0 Å². The molecule has 1 amide bonds. The molecule has 0 atom stereocenters. The Kier molecular flexibility index (Phi) is 2.10. The van der Waals surface area contributed by atoms with E-state index in [0.717, 1.165) is 11.1 Å². The van der Waals surface area contributed by atoms with Crippen LogP contribution < -0.4 is 5.73 Å². The topological polar surface area (TPSA) is 60.2 Å². The average Bonchev–Trinajstić information content (AvgIpc) is 2.65. The van der Waals surface area contributed by atoms with Crippen molar-refractivity contribution in [2.75, 3.05) is 0 Å². The fourth-order valence-corrected chi connectivity index (χ4v) is 2.52. The maximum absolute atomic E-state index is 12.3. The molecule has 0 saturated heterocycles. The largest absolute Gasteiger partial charge is 0.366 e. The Morgan fingerprint density at radius 2 is 1.67 bits per heavy atom. The van der Waals surface area contributed by atoms with Crippen LogP contribution in [-0.2, 0) is 0 Å². The van der Waals surface area contributed by atoms with Crippen LogP contribution in [0.25, 0.3) is 11.1 Å². The molecule has 0 aromatic heterocycles. The van der Waals surface area contributed by atoms with Crippen molar-refractivity contribution in [1.29, 1.82) is 0 Å². The van der Waals surface area contributed by atoms with Gasteiger partial charge in [0.05, 0.1) is 0 Å². The minimum Gasteiger partial charge on any atom is -0.366 e. The molecule has 0 radical (unpaired) electrons.